The molecular formula is C12H18F2N2O2. The molecule has 0 radical (unpaired) electrons. The number of nitrogens with zero attached hydrogens (tertiary/aromatic N) is 2. The Morgan fingerprint density at radius 3 is 2.78 bits per heavy atom. The Hall–Kier alpha value is -1.30. The maximum atomic E-state index is 13.7. The Kier molecular flexibility index (Phi) is 4.95. The van der Waals surface area contributed by atoms with E-state index in [-0.39, 0.29) is 25.4 Å². The van der Waals surface area contributed by atoms with Crippen LogP contribution in [0, 0.1) is 5.92 Å². The molecule has 0 aromatic rings. The summed E-state index contributed by atoms with van der Waals surface area (Å²) >= 11 is 0. The number of amides is 1. The van der Waals surface area contributed by atoms with E-state index in [2.05, 4.69) is 4.99 Å². The number of hydrogen-bond donors (Lipinski definition) is 1. The molecule has 18 heavy (non-hydrogen) atoms. The fourth-order valence-corrected chi connectivity index (χ4v) is 2.15. The molecule has 4 nitrogen and oxygen atoms in total. The number of carbonyl (C=O) groups excluding carboxylic acids is 1. The molecule has 1 aliphatic rings. The number of rotatable bonds is 5. The van der Waals surface area contributed by atoms with Crippen LogP contribution in [0.3, 0.4) is 0 Å². The summed E-state index contributed by atoms with van der Waals surface area (Å²) < 4.78 is 27.4. The highest BCUT2D eigenvalue weighted by molar-refractivity contribution is 5.96. The van der Waals surface area contributed by atoms with E-state index in [9.17, 15) is 13.6 Å². The van der Waals surface area contributed by atoms with Gasteiger partial charge in [0, 0.05) is 32.0 Å². The average molecular weight is 260 g/mol. The molecule has 1 fully saturated rings. The molecule has 0 aromatic carbocycles. The highest BCUT2D eigenvalue weighted by atomic mass is 19.3. The Bertz CT molecular complexity index is 356. The Labute approximate surface area is 105 Å². The van der Waals surface area contributed by atoms with Gasteiger partial charge in [-0.05, 0) is 25.3 Å². The number of alkyl halides is 2. The van der Waals surface area contributed by atoms with E-state index in [1.165, 1.54) is 17.2 Å². The molecule has 0 spiro atoms. The quantitative estimate of drug-likeness (QED) is 0.601. The van der Waals surface area contributed by atoms with Gasteiger partial charge < -0.3 is 10.0 Å². The molecule has 1 aliphatic carbocycles. The SMILES string of the molecule is CC(/C=C\N(C)C1CC(CO)CC1(F)F)=NC=O. The molecule has 0 saturated heterocycles. The minimum Gasteiger partial charge on any atom is -0.396 e. The summed E-state index contributed by atoms with van der Waals surface area (Å²) in [6.07, 6.45) is 3.38. The molecule has 1 saturated carbocycles. The van der Waals surface area contributed by atoms with Crippen LogP contribution in [0.15, 0.2) is 17.3 Å². The summed E-state index contributed by atoms with van der Waals surface area (Å²) in [5, 5.41) is 8.96. The van der Waals surface area contributed by atoms with Crippen molar-refractivity contribution in [3.63, 3.8) is 0 Å². The summed E-state index contributed by atoms with van der Waals surface area (Å²) in [4.78, 5) is 15.0. The van der Waals surface area contributed by atoms with E-state index < -0.39 is 12.0 Å². The third-order valence-corrected chi connectivity index (χ3v) is 3.16. The predicted molar refractivity (Wildman–Crippen MR) is 64.6 cm³/mol. The molecule has 0 heterocycles. The maximum Gasteiger partial charge on any atom is 0.268 e. The normalized spacial score (nSPS) is 27.7. The molecule has 0 bridgehead atoms. The number of hydrogen-bond acceptors (Lipinski definition) is 3. The Morgan fingerprint density at radius 2 is 2.28 bits per heavy atom. The van der Waals surface area contributed by atoms with Crippen LogP contribution in [0.2, 0.25) is 0 Å². The highest BCUT2D eigenvalue weighted by Gasteiger charge is 2.49. The maximum absolute atomic E-state index is 13.7. The van der Waals surface area contributed by atoms with Gasteiger partial charge in [0.2, 0.25) is 6.41 Å². The van der Waals surface area contributed by atoms with E-state index in [1.54, 1.807) is 14.0 Å². The standard InChI is InChI=1S/C12H18F2N2O2/c1-9(15-8-18)3-4-16(2)11-5-10(7-17)6-12(11,13)14/h3-4,8,10-11,17H,5-7H2,1-2H3/b4-3-,15-9?. The predicted octanol–water partition coefficient (Wildman–Crippen LogP) is 1.46. The zero-order valence-electron chi connectivity index (χ0n) is 10.5. The molecular weight excluding hydrogens is 242 g/mol. The van der Waals surface area contributed by atoms with E-state index in [0.717, 1.165) is 0 Å². The lowest BCUT2D eigenvalue weighted by atomic mass is 10.1. The van der Waals surface area contributed by atoms with Crippen molar-refractivity contribution in [2.24, 2.45) is 10.9 Å². The smallest absolute Gasteiger partial charge is 0.268 e. The first kappa shape index (κ1) is 14.8. The number of aliphatic imine (C=N–C) groups is 1. The Balaban J connectivity index is 2.69. The number of aliphatic hydroxyl groups is 1. The van der Waals surface area contributed by atoms with Crippen molar-refractivity contribution in [2.75, 3.05) is 13.7 Å². The zero-order chi connectivity index (χ0) is 13.8. The number of halogens is 2. The number of aliphatic hydroxyl groups excluding tert-OH is 1. The molecule has 0 aliphatic heterocycles. The third kappa shape index (κ3) is 3.60. The third-order valence-electron chi connectivity index (χ3n) is 3.16. The summed E-state index contributed by atoms with van der Waals surface area (Å²) in [5.41, 5.74) is 0.455. The van der Waals surface area contributed by atoms with Gasteiger partial charge in [0.15, 0.2) is 0 Å². The Morgan fingerprint density at radius 1 is 1.61 bits per heavy atom. The van der Waals surface area contributed by atoms with Crippen LogP contribution in [-0.2, 0) is 4.79 Å². The lowest BCUT2D eigenvalue weighted by molar-refractivity contribution is -0.106. The zero-order valence-corrected chi connectivity index (χ0v) is 10.5. The van der Waals surface area contributed by atoms with Gasteiger partial charge in [-0.15, -0.1) is 0 Å². The van der Waals surface area contributed by atoms with Gasteiger partial charge in [-0.25, -0.2) is 13.8 Å². The van der Waals surface area contributed by atoms with E-state index >= 15 is 0 Å². The first-order chi connectivity index (χ1) is 8.40. The van der Waals surface area contributed by atoms with Gasteiger partial charge in [-0.3, -0.25) is 4.79 Å². The van der Waals surface area contributed by atoms with Crippen LogP contribution in [-0.4, -0.2) is 47.7 Å². The minimum atomic E-state index is -2.80. The molecule has 6 heteroatoms. The fourth-order valence-electron chi connectivity index (χ4n) is 2.15. The van der Waals surface area contributed by atoms with Gasteiger partial charge in [0.25, 0.3) is 5.92 Å². The van der Waals surface area contributed by atoms with Crippen molar-refractivity contribution in [3.05, 3.63) is 12.3 Å². The fraction of sp³-hybridized carbons (Fsp3) is 0.667. The van der Waals surface area contributed by atoms with Crippen LogP contribution in [0.4, 0.5) is 8.78 Å². The summed E-state index contributed by atoms with van der Waals surface area (Å²) in [5.74, 6) is -3.16. The van der Waals surface area contributed by atoms with Crippen LogP contribution in [0.1, 0.15) is 19.8 Å². The second kappa shape index (κ2) is 6.04. The topological polar surface area (TPSA) is 52.9 Å². The monoisotopic (exact) mass is 260 g/mol. The van der Waals surface area contributed by atoms with E-state index in [4.69, 9.17) is 5.11 Å². The van der Waals surface area contributed by atoms with Gasteiger partial charge in [-0.2, -0.15) is 0 Å². The molecule has 102 valence electrons. The van der Waals surface area contributed by atoms with Gasteiger partial charge in [0.05, 0.1) is 6.04 Å². The van der Waals surface area contributed by atoms with Crippen LogP contribution < -0.4 is 0 Å². The average Bonchev–Trinajstić information content (AvgIpc) is 2.62. The molecule has 2 unspecified atom stereocenters. The van der Waals surface area contributed by atoms with Crippen molar-refractivity contribution in [3.8, 4) is 0 Å². The molecule has 1 N–H and O–H groups in total. The van der Waals surface area contributed by atoms with E-state index in [1.807, 2.05) is 0 Å². The largest absolute Gasteiger partial charge is 0.396 e. The molecule has 2 atom stereocenters. The highest BCUT2D eigenvalue weighted by Crippen LogP contribution is 2.41. The van der Waals surface area contributed by atoms with Gasteiger partial charge in [0.1, 0.15) is 0 Å². The lowest BCUT2D eigenvalue weighted by Gasteiger charge is -2.27. The van der Waals surface area contributed by atoms with Crippen molar-refractivity contribution >= 4 is 12.1 Å². The van der Waals surface area contributed by atoms with Crippen LogP contribution in [0.25, 0.3) is 0 Å². The molecule has 1 rings (SSSR count). The second-order valence-electron chi connectivity index (χ2n) is 4.62. The first-order valence-electron chi connectivity index (χ1n) is 5.77. The van der Waals surface area contributed by atoms with Crippen molar-refractivity contribution in [1.82, 2.24) is 4.90 Å². The number of carbonyl (C=O) groups is 1. The van der Waals surface area contributed by atoms with Crippen LogP contribution >= 0.6 is 0 Å². The number of allylic oxidation sites excluding steroid dienone is 1. The van der Waals surface area contributed by atoms with Crippen molar-refractivity contribution in [1.29, 1.82) is 0 Å². The minimum absolute atomic E-state index is 0.213. The van der Waals surface area contributed by atoms with E-state index in [0.29, 0.717) is 12.1 Å². The summed E-state index contributed by atoms with van der Waals surface area (Å²) in [7, 11) is 1.56. The van der Waals surface area contributed by atoms with Crippen LogP contribution in [0.5, 0.6) is 0 Å². The first-order valence-corrected chi connectivity index (χ1v) is 5.77. The lowest BCUT2D eigenvalue weighted by Crippen LogP contribution is -2.39. The summed E-state index contributed by atoms with van der Waals surface area (Å²) in [6, 6.07) is -0.921. The van der Waals surface area contributed by atoms with Gasteiger partial charge >= 0.3 is 0 Å². The van der Waals surface area contributed by atoms with Crippen molar-refractivity contribution < 1.29 is 18.7 Å². The second-order valence-corrected chi connectivity index (χ2v) is 4.62. The summed E-state index contributed by atoms with van der Waals surface area (Å²) in [6.45, 7) is 1.40. The van der Waals surface area contributed by atoms with Gasteiger partial charge in [-0.1, -0.05) is 0 Å². The molecule has 0 aromatic heterocycles. The van der Waals surface area contributed by atoms with Crippen molar-refractivity contribution in [2.45, 2.75) is 31.7 Å². The molecule has 1 amide bonds.